The molecule has 0 spiro atoms. The Morgan fingerprint density at radius 1 is 1.29 bits per heavy atom. The van der Waals surface area contributed by atoms with Gasteiger partial charge >= 0.3 is 23.5 Å². The van der Waals surface area contributed by atoms with Crippen LogP contribution in [0.4, 0.5) is 14.6 Å². The van der Waals surface area contributed by atoms with Gasteiger partial charge in [0, 0.05) is 6.20 Å². The summed E-state index contributed by atoms with van der Waals surface area (Å²) >= 11 is 4.86. The average Bonchev–Trinajstić information content (AvgIpc) is 2.76. The van der Waals surface area contributed by atoms with Crippen molar-refractivity contribution in [2.45, 2.75) is 31.0 Å². The smallest absolute Gasteiger partial charge is 0.382 e. The highest BCUT2D eigenvalue weighted by atomic mass is 32.1. The Bertz CT molecular complexity index is 1050. The number of rotatable bonds is 8. The summed E-state index contributed by atoms with van der Waals surface area (Å²) < 4.78 is 78.8. The van der Waals surface area contributed by atoms with E-state index in [1.54, 1.807) is 0 Å². The second-order valence-electron chi connectivity index (χ2n) is 6.21. The van der Waals surface area contributed by atoms with Crippen LogP contribution >= 0.6 is 35.7 Å². The van der Waals surface area contributed by atoms with Crippen LogP contribution in [0.3, 0.4) is 0 Å². The molecule has 0 aliphatic carbocycles. The first-order chi connectivity index (χ1) is 13.8. The topological polar surface area (TPSA) is 233 Å². The molecule has 2 rings (SSSR count). The number of alkyl halides is 1. The number of nitrogen functional groups attached to an aromatic ring is 1. The number of phosphoric ester groups is 1. The van der Waals surface area contributed by atoms with Gasteiger partial charge in [-0.3, -0.25) is 9.09 Å². The van der Waals surface area contributed by atoms with Gasteiger partial charge in [0.1, 0.15) is 11.7 Å². The van der Waals surface area contributed by atoms with Crippen molar-refractivity contribution in [3.63, 3.8) is 0 Å². The molecule has 7 N–H and O–H groups in total. The van der Waals surface area contributed by atoms with Crippen LogP contribution in [0.5, 0.6) is 0 Å². The van der Waals surface area contributed by atoms with Crippen molar-refractivity contribution in [1.82, 2.24) is 9.55 Å². The number of halogens is 2. The van der Waals surface area contributed by atoms with E-state index in [0.29, 0.717) is 6.20 Å². The fraction of sp³-hybridized carbons (Fsp3) is 0.600. The summed E-state index contributed by atoms with van der Waals surface area (Å²) in [6.07, 6.45) is -5.19. The Morgan fingerprint density at radius 2 is 1.87 bits per heavy atom. The molecule has 178 valence electrons. The third-order valence-corrected chi connectivity index (χ3v) is 7.80. The molecule has 1 saturated heterocycles. The molecule has 6 atom stereocenters. The third-order valence-electron chi connectivity index (χ3n) is 3.69. The standard InChI is InChI=1S/C10H16F2N3O12P3S/c1-10(16)6(12)5(25-8(10)15-2-4(11)7(13)14-9(15)31)3-24-29(20,21)27-30(22,23)26-28(17,18)19/h2,5-6,8,16H,3H2,1H3,(H,20,21)(H,22,23)(H2,13,14,31)(H2,17,18,19)/t5-,6+,8-,10?/m1/s1. The summed E-state index contributed by atoms with van der Waals surface area (Å²) in [7, 11) is -16.9. The minimum absolute atomic E-state index is 0.398. The molecule has 1 fully saturated rings. The Labute approximate surface area is 176 Å². The lowest BCUT2D eigenvalue weighted by molar-refractivity contribution is -0.0923. The quantitative estimate of drug-likeness (QED) is 0.199. The number of aliphatic hydroxyl groups is 1. The number of hydrogen-bond donors (Lipinski definition) is 6. The molecule has 0 bridgehead atoms. The first kappa shape index (κ1) is 26.5. The maximum atomic E-state index is 14.7. The van der Waals surface area contributed by atoms with Crippen molar-refractivity contribution in [2.24, 2.45) is 0 Å². The predicted molar refractivity (Wildman–Crippen MR) is 96.7 cm³/mol. The summed E-state index contributed by atoms with van der Waals surface area (Å²) in [4.78, 5) is 38.9. The third kappa shape index (κ3) is 6.65. The lowest BCUT2D eigenvalue weighted by Crippen LogP contribution is -2.42. The highest BCUT2D eigenvalue weighted by Crippen LogP contribution is 2.66. The van der Waals surface area contributed by atoms with Crippen molar-refractivity contribution < 1.29 is 65.0 Å². The number of anilines is 1. The molecule has 2 heterocycles. The molecular formula is C10H16F2N3O12P3S. The first-order valence-corrected chi connectivity index (χ1v) is 12.6. The summed E-state index contributed by atoms with van der Waals surface area (Å²) in [5.74, 6) is -1.64. The normalized spacial score (nSPS) is 30.6. The molecule has 3 unspecified atom stereocenters. The highest BCUT2D eigenvalue weighted by molar-refractivity contribution is 7.71. The largest absolute Gasteiger partial charge is 0.490 e. The number of hydrogen-bond acceptors (Lipinski definition) is 11. The van der Waals surface area contributed by atoms with Crippen molar-refractivity contribution in [3.05, 3.63) is 16.8 Å². The van der Waals surface area contributed by atoms with Gasteiger partial charge in [-0.05, 0) is 19.1 Å². The second kappa shape index (κ2) is 8.91. The van der Waals surface area contributed by atoms with Gasteiger partial charge in [-0.1, -0.05) is 0 Å². The fourth-order valence-electron chi connectivity index (χ4n) is 2.45. The summed E-state index contributed by atoms with van der Waals surface area (Å²) in [5, 5.41) is 10.4. The molecule has 15 nitrogen and oxygen atoms in total. The van der Waals surface area contributed by atoms with Gasteiger partial charge in [0.05, 0.1) is 6.61 Å². The molecule has 31 heavy (non-hydrogen) atoms. The number of nitrogens with zero attached hydrogens (tertiary/aromatic N) is 2. The van der Waals surface area contributed by atoms with Crippen LogP contribution in [0.1, 0.15) is 13.2 Å². The van der Waals surface area contributed by atoms with Gasteiger partial charge in [-0.15, -0.1) is 0 Å². The zero-order chi connectivity index (χ0) is 24.0. The molecule has 1 aliphatic heterocycles. The molecule has 1 aromatic rings. The number of ether oxygens (including phenoxy) is 1. The van der Waals surface area contributed by atoms with E-state index in [2.05, 4.69) is 18.1 Å². The lowest BCUT2D eigenvalue weighted by atomic mass is 9.98. The van der Waals surface area contributed by atoms with E-state index in [1.807, 2.05) is 0 Å². The zero-order valence-corrected chi connectivity index (χ0v) is 18.6. The molecule has 0 radical (unpaired) electrons. The van der Waals surface area contributed by atoms with E-state index in [0.717, 1.165) is 11.5 Å². The Hall–Kier alpha value is -0.710. The van der Waals surface area contributed by atoms with Gasteiger partial charge in [-0.2, -0.15) is 13.6 Å². The van der Waals surface area contributed by atoms with Crippen LogP contribution in [0.25, 0.3) is 0 Å². The van der Waals surface area contributed by atoms with Crippen molar-refractivity contribution in [2.75, 3.05) is 12.3 Å². The van der Waals surface area contributed by atoms with Crippen LogP contribution in [0, 0.1) is 10.6 Å². The van der Waals surface area contributed by atoms with E-state index in [4.69, 9.17) is 37.4 Å². The molecular weight excluding hydrogens is 517 g/mol. The number of aromatic nitrogens is 2. The SMILES string of the molecule is CC1(O)[C@@H](F)[C@@H](COP(=O)(O)OP(=O)(O)OP(=O)(O)O)O[C@H]1n1cc(F)c(N)nc1=S. The lowest BCUT2D eigenvalue weighted by Gasteiger charge is -2.27. The van der Waals surface area contributed by atoms with E-state index in [1.165, 1.54) is 0 Å². The summed E-state index contributed by atoms with van der Waals surface area (Å²) in [6.45, 7) is -0.251. The van der Waals surface area contributed by atoms with E-state index < -0.39 is 70.6 Å². The van der Waals surface area contributed by atoms with Crippen LogP contribution in [0.15, 0.2) is 6.20 Å². The van der Waals surface area contributed by atoms with Gasteiger partial charge in [0.25, 0.3) is 0 Å². The summed E-state index contributed by atoms with van der Waals surface area (Å²) in [5.41, 5.74) is 2.86. The van der Waals surface area contributed by atoms with Crippen LogP contribution in [-0.2, 0) is 31.6 Å². The minimum atomic E-state index is -5.78. The predicted octanol–water partition coefficient (Wildman–Crippen LogP) is 0.664. The maximum Gasteiger partial charge on any atom is 0.490 e. The molecule has 0 amide bonds. The van der Waals surface area contributed by atoms with Crippen LogP contribution in [0.2, 0.25) is 0 Å². The molecule has 1 aliphatic rings. The van der Waals surface area contributed by atoms with Crippen LogP contribution in [-0.4, -0.2) is 58.7 Å². The molecule has 0 aromatic carbocycles. The van der Waals surface area contributed by atoms with E-state index in [9.17, 15) is 32.5 Å². The number of nitrogens with two attached hydrogens (primary N) is 1. The van der Waals surface area contributed by atoms with Crippen molar-refractivity contribution in [1.29, 1.82) is 0 Å². The number of phosphoric acid groups is 3. The minimum Gasteiger partial charge on any atom is -0.382 e. The Kier molecular flexibility index (Phi) is 7.63. The van der Waals surface area contributed by atoms with Crippen molar-refractivity contribution in [3.8, 4) is 0 Å². The molecule has 0 saturated carbocycles. The Morgan fingerprint density at radius 3 is 2.42 bits per heavy atom. The Balaban J connectivity index is 2.16. The monoisotopic (exact) mass is 533 g/mol. The fourth-order valence-corrected chi connectivity index (χ4v) is 5.73. The van der Waals surface area contributed by atoms with Gasteiger partial charge in [0.2, 0.25) is 4.77 Å². The summed E-state index contributed by atoms with van der Waals surface area (Å²) in [6, 6.07) is 0. The molecule has 21 heteroatoms. The van der Waals surface area contributed by atoms with E-state index >= 15 is 0 Å². The molecule has 1 aromatic heterocycles. The van der Waals surface area contributed by atoms with Crippen molar-refractivity contribution >= 4 is 41.5 Å². The maximum absolute atomic E-state index is 14.7. The average molecular weight is 533 g/mol. The first-order valence-electron chi connectivity index (χ1n) is 7.69. The second-order valence-corrected chi connectivity index (χ2v) is 11.0. The zero-order valence-electron chi connectivity index (χ0n) is 15.1. The van der Waals surface area contributed by atoms with Gasteiger partial charge in [0.15, 0.2) is 24.0 Å². The van der Waals surface area contributed by atoms with Gasteiger partial charge < -0.3 is 35.2 Å². The highest BCUT2D eigenvalue weighted by Gasteiger charge is 2.55. The van der Waals surface area contributed by atoms with Gasteiger partial charge in [-0.25, -0.2) is 22.5 Å². The van der Waals surface area contributed by atoms with E-state index in [-0.39, 0.29) is 0 Å². The van der Waals surface area contributed by atoms with Crippen LogP contribution < -0.4 is 5.73 Å².